The van der Waals surface area contributed by atoms with Gasteiger partial charge in [-0.25, -0.2) is 13.1 Å². The van der Waals surface area contributed by atoms with Gasteiger partial charge in [0.1, 0.15) is 6.04 Å². The first-order valence-electron chi connectivity index (χ1n) is 8.33. The SMILES string of the molecule is C[C@H](Nc1cccc(S(=O)(=O)NC(C)(C)C)c1)C(=O)Nc1ccccc1. The minimum atomic E-state index is -3.64. The molecule has 0 fully saturated rings. The van der Waals surface area contributed by atoms with Gasteiger partial charge in [0.25, 0.3) is 0 Å². The van der Waals surface area contributed by atoms with Crippen LogP contribution in [0.4, 0.5) is 11.4 Å². The van der Waals surface area contributed by atoms with E-state index in [1.54, 1.807) is 52.0 Å². The summed E-state index contributed by atoms with van der Waals surface area (Å²) in [4.78, 5) is 12.4. The van der Waals surface area contributed by atoms with Crippen molar-refractivity contribution in [3.8, 4) is 0 Å². The van der Waals surface area contributed by atoms with Crippen LogP contribution in [0.1, 0.15) is 27.7 Å². The van der Waals surface area contributed by atoms with Crippen molar-refractivity contribution in [3.63, 3.8) is 0 Å². The van der Waals surface area contributed by atoms with Crippen molar-refractivity contribution in [1.29, 1.82) is 0 Å². The van der Waals surface area contributed by atoms with Crippen LogP contribution in [-0.2, 0) is 14.8 Å². The van der Waals surface area contributed by atoms with Gasteiger partial charge in [-0.2, -0.15) is 0 Å². The van der Waals surface area contributed by atoms with Crippen LogP contribution < -0.4 is 15.4 Å². The smallest absolute Gasteiger partial charge is 0.246 e. The van der Waals surface area contributed by atoms with Crippen LogP contribution in [0.25, 0.3) is 0 Å². The van der Waals surface area contributed by atoms with Crippen LogP contribution >= 0.6 is 0 Å². The molecule has 0 aromatic heterocycles. The Morgan fingerprint density at radius 1 is 0.962 bits per heavy atom. The third-order valence-electron chi connectivity index (χ3n) is 3.40. The lowest BCUT2D eigenvalue weighted by Gasteiger charge is -2.21. The highest BCUT2D eigenvalue weighted by Gasteiger charge is 2.22. The Bertz CT molecular complexity index is 859. The maximum Gasteiger partial charge on any atom is 0.246 e. The average molecular weight is 375 g/mol. The van der Waals surface area contributed by atoms with E-state index in [9.17, 15) is 13.2 Å². The molecule has 2 aromatic rings. The molecule has 0 aliphatic carbocycles. The normalized spacial score (nSPS) is 13.1. The molecule has 0 heterocycles. The van der Waals surface area contributed by atoms with E-state index in [0.717, 1.165) is 0 Å². The van der Waals surface area contributed by atoms with Gasteiger partial charge in [-0.05, 0) is 58.0 Å². The van der Waals surface area contributed by atoms with E-state index in [2.05, 4.69) is 15.4 Å². The highest BCUT2D eigenvalue weighted by atomic mass is 32.2. The zero-order valence-corrected chi connectivity index (χ0v) is 16.2. The van der Waals surface area contributed by atoms with Crippen LogP contribution in [0.2, 0.25) is 0 Å². The molecule has 3 N–H and O–H groups in total. The van der Waals surface area contributed by atoms with Crippen molar-refractivity contribution in [2.75, 3.05) is 10.6 Å². The van der Waals surface area contributed by atoms with Crippen molar-refractivity contribution in [2.24, 2.45) is 0 Å². The van der Waals surface area contributed by atoms with Crippen molar-refractivity contribution in [2.45, 2.75) is 44.2 Å². The molecule has 6 nitrogen and oxygen atoms in total. The number of hydrogen-bond donors (Lipinski definition) is 3. The van der Waals surface area contributed by atoms with E-state index in [-0.39, 0.29) is 10.8 Å². The summed E-state index contributed by atoms with van der Waals surface area (Å²) >= 11 is 0. The highest BCUT2D eigenvalue weighted by Crippen LogP contribution is 2.18. The maximum absolute atomic E-state index is 12.4. The van der Waals surface area contributed by atoms with Gasteiger partial charge in [0, 0.05) is 16.9 Å². The fourth-order valence-corrected chi connectivity index (χ4v) is 3.77. The number of amides is 1. The number of sulfonamides is 1. The van der Waals surface area contributed by atoms with E-state index >= 15 is 0 Å². The van der Waals surface area contributed by atoms with Crippen LogP contribution in [0.15, 0.2) is 59.5 Å². The Morgan fingerprint density at radius 2 is 1.58 bits per heavy atom. The Balaban J connectivity index is 2.09. The summed E-state index contributed by atoms with van der Waals surface area (Å²) in [6.45, 7) is 7.06. The van der Waals surface area contributed by atoms with Gasteiger partial charge in [0.05, 0.1) is 4.90 Å². The standard InChI is InChI=1S/C19H25N3O3S/c1-14(18(23)21-15-9-6-5-7-10-15)20-16-11-8-12-17(13-16)26(24,25)22-19(2,3)4/h5-14,20,22H,1-4H3,(H,21,23)/t14-/m0/s1. The van der Waals surface area contributed by atoms with Gasteiger partial charge in [0.15, 0.2) is 0 Å². The first kappa shape index (κ1) is 19.9. The lowest BCUT2D eigenvalue weighted by atomic mass is 10.1. The van der Waals surface area contributed by atoms with Crippen LogP contribution in [0.5, 0.6) is 0 Å². The van der Waals surface area contributed by atoms with Crippen molar-refractivity contribution in [3.05, 3.63) is 54.6 Å². The van der Waals surface area contributed by atoms with Gasteiger partial charge in [-0.3, -0.25) is 4.79 Å². The highest BCUT2D eigenvalue weighted by molar-refractivity contribution is 7.89. The molecule has 140 valence electrons. The first-order chi connectivity index (χ1) is 12.1. The summed E-state index contributed by atoms with van der Waals surface area (Å²) in [6.07, 6.45) is 0. The van der Waals surface area contributed by atoms with Crippen molar-refractivity contribution >= 4 is 27.3 Å². The summed E-state index contributed by atoms with van der Waals surface area (Å²) in [5.74, 6) is -0.211. The number of nitrogens with one attached hydrogen (secondary N) is 3. The molecule has 2 aromatic carbocycles. The monoisotopic (exact) mass is 375 g/mol. The number of hydrogen-bond acceptors (Lipinski definition) is 4. The van der Waals surface area contributed by atoms with Gasteiger partial charge in [0.2, 0.25) is 15.9 Å². The Kier molecular flexibility index (Phi) is 6.05. The molecular formula is C19H25N3O3S. The summed E-state index contributed by atoms with van der Waals surface area (Å²) in [6, 6.07) is 15.0. The fourth-order valence-electron chi connectivity index (χ4n) is 2.30. The molecule has 0 saturated carbocycles. The van der Waals surface area contributed by atoms with E-state index in [4.69, 9.17) is 0 Å². The van der Waals surface area contributed by atoms with Gasteiger partial charge in [-0.15, -0.1) is 0 Å². The first-order valence-corrected chi connectivity index (χ1v) is 9.82. The second-order valence-corrected chi connectivity index (χ2v) is 8.79. The molecule has 0 aliphatic heterocycles. The van der Waals surface area contributed by atoms with Gasteiger partial charge >= 0.3 is 0 Å². The fraction of sp³-hybridized carbons (Fsp3) is 0.316. The van der Waals surface area contributed by atoms with E-state index < -0.39 is 21.6 Å². The minimum Gasteiger partial charge on any atom is -0.374 e. The van der Waals surface area contributed by atoms with E-state index in [0.29, 0.717) is 11.4 Å². The molecule has 0 unspecified atom stereocenters. The molecule has 1 amide bonds. The Hall–Kier alpha value is -2.38. The molecule has 7 heteroatoms. The number of carbonyl (C=O) groups excluding carboxylic acids is 1. The lowest BCUT2D eigenvalue weighted by molar-refractivity contribution is -0.116. The number of benzene rings is 2. The summed E-state index contributed by atoms with van der Waals surface area (Å²) < 4.78 is 27.5. The predicted octanol–water partition coefficient (Wildman–Crippen LogP) is 3.20. The Morgan fingerprint density at radius 3 is 2.19 bits per heavy atom. The van der Waals surface area contributed by atoms with Crippen LogP contribution in [-0.4, -0.2) is 25.9 Å². The van der Waals surface area contributed by atoms with Crippen LogP contribution in [0, 0.1) is 0 Å². The topological polar surface area (TPSA) is 87.3 Å². The number of para-hydroxylation sites is 1. The molecule has 0 spiro atoms. The molecule has 0 aliphatic rings. The molecule has 0 radical (unpaired) electrons. The van der Waals surface area contributed by atoms with Crippen molar-refractivity contribution < 1.29 is 13.2 Å². The lowest BCUT2D eigenvalue weighted by Crippen LogP contribution is -2.40. The van der Waals surface area contributed by atoms with Crippen LogP contribution in [0.3, 0.4) is 0 Å². The zero-order valence-electron chi connectivity index (χ0n) is 15.4. The predicted molar refractivity (Wildman–Crippen MR) is 105 cm³/mol. The summed E-state index contributed by atoms with van der Waals surface area (Å²) in [5, 5.41) is 5.84. The molecule has 26 heavy (non-hydrogen) atoms. The molecule has 0 bridgehead atoms. The molecule has 0 saturated heterocycles. The van der Waals surface area contributed by atoms with Gasteiger partial charge < -0.3 is 10.6 Å². The molecular weight excluding hydrogens is 350 g/mol. The molecule has 2 rings (SSSR count). The average Bonchev–Trinajstić information content (AvgIpc) is 2.54. The van der Waals surface area contributed by atoms with E-state index in [1.807, 2.05) is 18.2 Å². The third-order valence-corrected chi connectivity index (χ3v) is 5.16. The van der Waals surface area contributed by atoms with Crippen molar-refractivity contribution in [1.82, 2.24) is 4.72 Å². The number of rotatable bonds is 6. The van der Waals surface area contributed by atoms with E-state index in [1.165, 1.54) is 12.1 Å². The second-order valence-electron chi connectivity index (χ2n) is 7.10. The zero-order chi connectivity index (χ0) is 19.4. The Labute approximate surface area is 155 Å². The molecule has 1 atom stereocenters. The van der Waals surface area contributed by atoms with Gasteiger partial charge in [-0.1, -0.05) is 24.3 Å². The summed E-state index contributed by atoms with van der Waals surface area (Å²) in [7, 11) is -3.64. The number of anilines is 2. The second kappa shape index (κ2) is 7.88. The largest absolute Gasteiger partial charge is 0.374 e. The maximum atomic E-state index is 12.4. The quantitative estimate of drug-likeness (QED) is 0.723. The third kappa shape index (κ3) is 5.86. The minimum absolute atomic E-state index is 0.146. The summed E-state index contributed by atoms with van der Waals surface area (Å²) in [5.41, 5.74) is 0.680. The number of carbonyl (C=O) groups is 1.